The van der Waals surface area contributed by atoms with Gasteiger partial charge in [0.05, 0.1) is 5.71 Å². The Hall–Kier alpha value is -1.99. The third-order valence-corrected chi connectivity index (χ3v) is 7.17. The summed E-state index contributed by atoms with van der Waals surface area (Å²) in [6, 6.07) is 2.96. The van der Waals surface area contributed by atoms with Crippen LogP contribution in [0.2, 0.25) is 0 Å². The van der Waals surface area contributed by atoms with Crippen molar-refractivity contribution in [3.63, 3.8) is 0 Å². The van der Waals surface area contributed by atoms with E-state index in [4.69, 9.17) is 0 Å². The van der Waals surface area contributed by atoms with Gasteiger partial charge in [0, 0.05) is 18.3 Å². The molecule has 154 valence electrons. The second kappa shape index (κ2) is 9.01. The van der Waals surface area contributed by atoms with E-state index in [1.165, 1.54) is 10.5 Å². The molecule has 0 bridgehead atoms. The third-order valence-electron chi connectivity index (χ3n) is 4.94. The first-order valence-corrected chi connectivity index (χ1v) is 11.1. The van der Waals surface area contributed by atoms with E-state index in [9.17, 15) is 8.42 Å². The van der Waals surface area contributed by atoms with Gasteiger partial charge in [0.15, 0.2) is 0 Å². The topological polar surface area (TPSA) is 74.7 Å². The van der Waals surface area contributed by atoms with E-state index in [0.29, 0.717) is 11.7 Å². The molecule has 1 aromatic heterocycles. The molecule has 1 aromatic rings. The average molecular weight is 405 g/mol. The Morgan fingerprint density at radius 2 is 1.93 bits per heavy atom. The highest BCUT2D eigenvalue weighted by atomic mass is 32.2. The second-order valence-corrected chi connectivity index (χ2v) is 9.79. The number of aromatic nitrogens is 1. The number of nitrogens with one attached hydrogen (secondary N) is 1. The van der Waals surface area contributed by atoms with Gasteiger partial charge in [0.2, 0.25) is 10.0 Å². The number of hydrogen-bond acceptors (Lipinski definition) is 5. The molecule has 0 aliphatic heterocycles. The average Bonchev–Trinajstić information content (AvgIpc) is 2.60. The molecule has 1 N–H and O–H groups in total. The standard InChI is InChI=1S/C21H32N4O2S/c1-14(2)18-9-8-17(7)20(12-18)23-24-21-11-10-19(13-22-21)28(26,27)25(15(3)4)16(5)6/h8,10-11,13,15-16,18H,1,9,12H2,2-7H3,(H,22,24)/t18-/m0/s1. The van der Waals surface area contributed by atoms with Crippen molar-refractivity contribution in [3.05, 3.63) is 42.1 Å². The minimum Gasteiger partial charge on any atom is -0.261 e. The van der Waals surface area contributed by atoms with Crippen LogP contribution in [0.25, 0.3) is 0 Å². The van der Waals surface area contributed by atoms with Crippen LogP contribution in [0.5, 0.6) is 0 Å². The van der Waals surface area contributed by atoms with E-state index in [2.05, 4.69) is 28.2 Å². The number of anilines is 1. The van der Waals surface area contributed by atoms with Crippen LogP contribution in [0.1, 0.15) is 54.4 Å². The molecular formula is C21H32N4O2S. The van der Waals surface area contributed by atoms with Crippen LogP contribution in [0.3, 0.4) is 0 Å². The van der Waals surface area contributed by atoms with Crippen LogP contribution in [0.4, 0.5) is 5.82 Å². The van der Waals surface area contributed by atoms with Crippen molar-refractivity contribution in [2.24, 2.45) is 11.0 Å². The molecular weight excluding hydrogens is 372 g/mol. The largest absolute Gasteiger partial charge is 0.261 e. The fraction of sp³-hybridized carbons (Fsp3) is 0.524. The molecule has 1 aliphatic rings. The number of rotatable bonds is 7. The van der Waals surface area contributed by atoms with Crippen molar-refractivity contribution >= 4 is 21.6 Å². The van der Waals surface area contributed by atoms with Gasteiger partial charge in [-0.25, -0.2) is 13.4 Å². The van der Waals surface area contributed by atoms with E-state index in [1.54, 1.807) is 12.1 Å². The highest BCUT2D eigenvalue weighted by Crippen LogP contribution is 2.27. The van der Waals surface area contributed by atoms with Crippen molar-refractivity contribution < 1.29 is 8.42 Å². The molecule has 0 spiro atoms. The zero-order valence-electron chi connectivity index (χ0n) is 17.7. The minimum absolute atomic E-state index is 0.128. The van der Waals surface area contributed by atoms with Crippen LogP contribution in [0.15, 0.2) is 52.1 Å². The molecule has 1 aliphatic carbocycles. The number of hydrogen-bond donors (Lipinski definition) is 1. The first-order valence-electron chi connectivity index (χ1n) is 9.68. The zero-order valence-corrected chi connectivity index (χ0v) is 18.5. The lowest BCUT2D eigenvalue weighted by Crippen LogP contribution is -2.41. The van der Waals surface area contributed by atoms with Gasteiger partial charge in [-0.2, -0.15) is 9.41 Å². The highest BCUT2D eigenvalue weighted by Gasteiger charge is 2.29. The van der Waals surface area contributed by atoms with Gasteiger partial charge in [-0.15, -0.1) is 0 Å². The van der Waals surface area contributed by atoms with Gasteiger partial charge in [0.25, 0.3) is 0 Å². The van der Waals surface area contributed by atoms with E-state index < -0.39 is 10.0 Å². The number of pyridine rings is 1. The molecule has 0 unspecified atom stereocenters. The second-order valence-electron chi connectivity index (χ2n) is 7.94. The van der Waals surface area contributed by atoms with E-state index in [1.807, 2.05) is 41.5 Å². The van der Waals surface area contributed by atoms with E-state index >= 15 is 0 Å². The minimum atomic E-state index is -3.59. The quantitative estimate of drug-likeness (QED) is 0.533. The molecule has 1 atom stereocenters. The maximum absolute atomic E-state index is 12.9. The number of allylic oxidation sites excluding steroid dienone is 3. The molecule has 28 heavy (non-hydrogen) atoms. The molecule has 0 aromatic carbocycles. The normalized spacial score (nSPS) is 19.4. The van der Waals surface area contributed by atoms with Crippen molar-refractivity contribution in [3.8, 4) is 0 Å². The first-order chi connectivity index (χ1) is 13.0. The summed E-state index contributed by atoms with van der Waals surface area (Å²) >= 11 is 0. The molecule has 7 heteroatoms. The van der Waals surface area contributed by atoms with Gasteiger partial charge in [-0.3, -0.25) is 5.43 Å². The Morgan fingerprint density at radius 1 is 1.29 bits per heavy atom. The van der Waals surface area contributed by atoms with E-state index in [-0.39, 0.29) is 17.0 Å². The number of nitrogens with zero attached hydrogens (tertiary/aromatic N) is 3. The van der Waals surface area contributed by atoms with Gasteiger partial charge >= 0.3 is 0 Å². The molecule has 0 amide bonds. The first kappa shape index (κ1) is 22.3. The van der Waals surface area contributed by atoms with Crippen molar-refractivity contribution in [1.82, 2.24) is 9.29 Å². The third kappa shape index (κ3) is 5.08. The summed E-state index contributed by atoms with van der Waals surface area (Å²) in [7, 11) is -3.59. The zero-order chi connectivity index (χ0) is 21.1. The summed E-state index contributed by atoms with van der Waals surface area (Å²) in [5, 5.41) is 4.49. The van der Waals surface area contributed by atoms with Gasteiger partial charge in [0.1, 0.15) is 10.7 Å². The Kier molecular flexibility index (Phi) is 7.17. The van der Waals surface area contributed by atoms with Crippen LogP contribution in [0, 0.1) is 5.92 Å². The summed E-state index contributed by atoms with van der Waals surface area (Å²) in [6.07, 6.45) is 5.40. The van der Waals surface area contributed by atoms with Gasteiger partial charge in [-0.05, 0) is 78.0 Å². The predicted molar refractivity (Wildman–Crippen MR) is 116 cm³/mol. The molecule has 1 heterocycles. The molecule has 6 nitrogen and oxygen atoms in total. The summed E-state index contributed by atoms with van der Waals surface area (Å²) in [5.41, 5.74) is 6.23. The number of sulfonamides is 1. The Balaban J connectivity index is 2.18. The lowest BCUT2D eigenvalue weighted by atomic mass is 9.85. The van der Waals surface area contributed by atoms with Crippen molar-refractivity contribution in [1.29, 1.82) is 0 Å². The maximum atomic E-state index is 12.9. The van der Waals surface area contributed by atoms with Gasteiger partial charge in [-0.1, -0.05) is 18.2 Å². The fourth-order valence-electron chi connectivity index (χ4n) is 3.42. The molecule has 0 saturated heterocycles. The van der Waals surface area contributed by atoms with Crippen LogP contribution >= 0.6 is 0 Å². The van der Waals surface area contributed by atoms with Crippen LogP contribution < -0.4 is 5.43 Å². The summed E-state index contributed by atoms with van der Waals surface area (Å²) in [6.45, 7) is 15.6. The summed E-state index contributed by atoms with van der Waals surface area (Å²) in [5.74, 6) is 0.917. The lowest BCUT2D eigenvalue weighted by Gasteiger charge is -2.29. The fourth-order valence-corrected chi connectivity index (χ4v) is 5.20. The molecule has 2 rings (SSSR count). The smallest absolute Gasteiger partial charge is 0.245 e. The summed E-state index contributed by atoms with van der Waals surface area (Å²) in [4.78, 5) is 4.43. The van der Waals surface area contributed by atoms with Crippen LogP contribution in [-0.2, 0) is 10.0 Å². The van der Waals surface area contributed by atoms with Crippen molar-refractivity contribution in [2.45, 2.75) is 71.4 Å². The Bertz CT molecular complexity index is 860. The maximum Gasteiger partial charge on any atom is 0.245 e. The molecule has 0 radical (unpaired) electrons. The molecule has 0 fully saturated rings. The van der Waals surface area contributed by atoms with Crippen LogP contribution in [-0.4, -0.2) is 35.5 Å². The lowest BCUT2D eigenvalue weighted by molar-refractivity contribution is 0.302. The highest BCUT2D eigenvalue weighted by molar-refractivity contribution is 7.89. The summed E-state index contributed by atoms with van der Waals surface area (Å²) < 4.78 is 27.3. The Labute approximate surface area is 169 Å². The SMILES string of the molecule is C=C(C)[C@H]1CC=C(C)C(=NNc2ccc(S(=O)(=O)N(C(C)C)C(C)C)cn2)C1. The monoisotopic (exact) mass is 404 g/mol. The van der Waals surface area contributed by atoms with Crippen molar-refractivity contribution in [2.75, 3.05) is 5.43 Å². The Morgan fingerprint density at radius 3 is 2.43 bits per heavy atom. The molecule has 0 saturated carbocycles. The van der Waals surface area contributed by atoms with E-state index in [0.717, 1.165) is 29.7 Å². The number of hydrazone groups is 1. The predicted octanol–water partition coefficient (Wildman–Crippen LogP) is 4.59. The van der Waals surface area contributed by atoms with Gasteiger partial charge < -0.3 is 0 Å².